The molecular formula is C27H28ClN5O3. The van der Waals surface area contributed by atoms with Crippen molar-refractivity contribution < 1.29 is 14.4 Å². The minimum atomic E-state index is -0.670. The number of anilines is 3. The number of hydrogen-bond donors (Lipinski definition) is 5. The lowest BCUT2D eigenvalue weighted by atomic mass is 10.0. The largest absolute Gasteiger partial charge is 0.397 e. The van der Waals surface area contributed by atoms with Crippen molar-refractivity contribution in [3.05, 3.63) is 95.0 Å². The first-order valence-corrected chi connectivity index (χ1v) is 11.7. The third-order valence-electron chi connectivity index (χ3n) is 5.14. The molecule has 0 aromatic heterocycles. The van der Waals surface area contributed by atoms with Gasteiger partial charge in [-0.3, -0.25) is 14.4 Å². The van der Waals surface area contributed by atoms with E-state index in [0.717, 1.165) is 11.1 Å². The van der Waals surface area contributed by atoms with Gasteiger partial charge in [-0.15, -0.1) is 0 Å². The lowest BCUT2D eigenvalue weighted by Gasteiger charge is -2.19. The molecule has 0 bridgehead atoms. The highest BCUT2D eigenvalue weighted by atomic mass is 35.5. The Morgan fingerprint density at radius 3 is 2.28 bits per heavy atom. The summed E-state index contributed by atoms with van der Waals surface area (Å²) in [6.45, 7) is 2.21. The Labute approximate surface area is 214 Å². The average molecular weight is 506 g/mol. The fourth-order valence-corrected chi connectivity index (χ4v) is 3.45. The van der Waals surface area contributed by atoms with Crippen molar-refractivity contribution in [3.63, 3.8) is 0 Å². The highest BCUT2D eigenvalue weighted by Crippen LogP contribution is 2.20. The smallest absolute Gasteiger partial charge is 0.248 e. The third kappa shape index (κ3) is 8.26. The third-order valence-corrected chi connectivity index (χ3v) is 5.39. The molecule has 0 fully saturated rings. The van der Waals surface area contributed by atoms with Gasteiger partial charge in [0.25, 0.3) is 0 Å². The van der Waals surface area contributed by atoms with E-state index < -0.39 is 6.04 Å². The Morgan fingerprint density at radius 2 is 1.61 bits per heavy atom. The number of amides is 3. The van der Waals surface area contributed by atoms with Gasteiger partial charge in [0.1, 0.15) is 6.04 Å². The lowest BCUT2D eigenvalue weighted by Crippen LogP contribution is -2.37. The van der Waals surface area contributed by atoms with E-state index in [1.54, 1.807) is 54.6 Å². The van der Waals surface area contributed by atoms with Gasteiger partial charge in [-0.1, -0.05) is 48.0 Å². The molecule has 0 spiro atoms. The number of benzene rings is 3. The summed E-state index contributed by atoms with van der Waals surface area (Å²) in [7, 11) is 0. The van der Waals surface area contributed by atoms with Crippen LogP contribution in [0, 0.1) is 0 Å². The number of para-hydroxylation sites is 2. The molecule has 9 heteroatoms. The number of carbonyl (C=O) groups is 3. The normalized spacial score (nSPS) is 11.6. The number of nitrogen functional groups attached to an aromatic ring is 1. The zero-order chi connectivity index (χ0) is 25.9. The van der Waals surface area contributed by atoms with E-state index in [1.807, 2.05) is 24.3 Å². The van der Waals surface area contributed by atoms with Crippen LogP contribution in [0.2, 0.25) is 5.02 Å². The van der Waals surface area contributed by atoms with E-state index in [0.29, 0.717) is 35.2 Å². The second-order valence-electron chi connectivity index (χ2n) is 7.94. The highest BCUT2D eigenvalue weighted by molar-refractivity contribution is 6.30. The van der Waals surface area contributed by atoms with Crippen LogP contribution in [0.25, 0.3) is 6.08 Å². The van der Waals surface area contributed by atoms with Crippen LogP contribution in [0.3, 0.4) is 0 Å². The Balaban J connectivity index is 1.68. The summed E-state index contributed by atoms with van der Waals surface area (Å²) < 4.78 is 0. The second-order valence-corrected chi connectivity index (χ2v) is 8.38. The number of rotatable bonds is 10. The van der Waals surface area contributed by atoms with Crippen LogP contribution in [-0.2, 0) is 14.4 Å². The number of carbonyl (C=O) groups excluding carboxylic acids is 3. The molecule has 0 saturated heterocycles. The van der Waals surface area contributed by atoms with E-state index in [1.165, 1.54) is 13.0 Å². The summed E-state index contributed by atoms with van der Waals surface area (Å²) in [6.07, 6.45) is 3.09. The summed E-state index contributed by atoms with van der Waals surface area (Å²) in [5, 5.41) is 12.1. The summed E-state index contributed by atoms with van der Waals surface area (Å²) >= 11 is 5.93. The Kier molecular flexibility index (Phi) is 9.62. The van der Waals surface area contributed by atoms with Crippen LogP contribution in [0.1, 0.15) is 24.1 Å². The zero-order valence-corrected chi connectivity index (χ0v) is 20.5. The maximum atomic E-state index is 13.1. The Bertz CT molecular complexity index is 1230. The van der Waals surface area contributed by atoms with Gasteiger partial charge >= 0.3 is 0 Å². The van der Waals surface area contributed by atoms with Gasteiger partial charge in [0, 0.05) is 36.8 Å². The number of hydrogen-bond acceptors (Lipinski definition) is 5. The molecule has 3 aromatic carbocycles. The van der Waals surface area contributed by atoms with Crippen molar-refractivity contribution in [1.29, 1.82) is 0 Å². The SMILES string of the molecule is CC(=O)NCCNC(C(=O)Nc1ccc(Cl)cc1)c1ccc(C=CC(=O)Nc2ccccc2N)cc1. The molecule has 3 amide bonds. The monoisotopic (exact) mass is 505 g/mol. The van der Waals surface area contributed by atoms with Gasteiger partial charge < -0.3 is 27.0 Å². The van der Waals surface area contributed by atoms with Crippen molar-refractivity contribution in [3.8, 4) is 0 Å². The standard InChI is InChI=1S/C27H28ClN5O3/c1-18(34)30-16-17-31-26(27(36)32-22-13-11-21(28)12-14-22)20-9-6-19(7-10-20)8-15-25(35)33-24-5-3-2-4-23(24)29/h2-15,26,31H,16-17,29H2,1H3,(H,30,34)(H,32,36)(H,33,35). The molecule has 0 saturated carbocycles. The second kappa shape index (κ2) is 13.1. The minimum Gasteiger partial charge on any atom is -0.397 e. The molecule has 36 heavy (non-hydrogen) atoms. The molecule has 0 heterocycles. The first kappa shape index (κ1) is 26.5. The van der Waals surface area contributed by atoms with E-state index >= 15 is 0 Å². The molecule has 1 atom stereocenters. The van der Waals surface area contributed by atoms with Gasteiger partial charge in [0.05, 0.1) is 11.4 Å². The van der Waals surface area contributed by atoms with Crippen molar-refractivity contribution in [2.75, 3.05) is 29.5 Å². The fraction of sp³-hybridized carbons (Fsp3) is 0.148. The Morgan fingerprint density at radius 1 is 0.917 bits per heavy atom. The minimum absolute atomic E-state index is 0.144. The van der Waals surface area contributed by atoms with Crippen molar-refractivity contribution in [2.24, 2.45) is 0 Å². The van der Waals surface area contributed by atoms with Gasteiger partial charge in [-0.2, -0.15) is 0 Å². The van der Waals surface area contributed by atoms with Crippen molar-refractivity contribution >= 4 is 52.5 Å². The highest BCUT2D eigenvalue weighted by Gasteiger charge is 2.20. The van der Waals surface area contributed by atoms with Crippen LogP contribution >= 0.6 is 11.6 Å². The van der Waals surface area contributed by atoms with E-state index in [4.69, 9.17) is 17.3 Å². The molecule has 3 rings (SSSR count). The summed E-state index contributed by atoms with van der Waals surface area (Å²) in [5.74, 6) is -0.714. The molecule has 1 unspecified atom stereocenters. The molecule has 0 aliphatic carbocycles. The maximum Gasteiger partial charge on any atom is 0.248 e. The summed E-state index contributed by atoms with van der Waals surface area (Å²) in [6, 6.07) is 20.4. The molecule has 0 aliphatic heterocycles. The van der Waals surface area contributed by atoms with Crippen LogP contribution in [0.4, 0.5) is 17.1 Å². The van der Waals surface area contributed by atoms with E-state index in [-0.39, 0.29) is 17.7 Å². The molecule has 6 N–H and O–H groups in total. The summed E-state index contributed by atoms with van der Waals surface area (Å²) in [5.41, 5.74) is 9.00. The summed E-state index contributed by atoms with van der Waals surface area (Å²) in [4.78, 5) is 36.5. The van der Waals surface area contributed by atoms with E-state index in [2.05, 4.69) is 21.3 Å². The number of halogens is 1. The van der Waals surface area contributed by atoms with E-state index in [9.17, 15) is 14.4 Å². The van der Waals surface area contributed by atoms with Gasteiger partial charge in [-0.05, 0) is 53.6 Å². The van der Waals surface area contributed by atoms with Crippen LogP contribution in [-0.4, -0.2) is 30.8 Å². The van der Waals surface area contributed by atoms with Crippen molar-refractivity contribution in [1.82, 2.24) is 10.6 Å². The van der Waals surface area contributed by atoms with Gasteiger partial charge in [0.15, 0.2) is 0 Å². The maximum absolute atomic E-state index is 13.1. The van der Waals surface area contributed by atoms with Crippen LogP contribution in [0.5, 0.6) is 0 Å². The van der Waals surface area contributed by atoms with Crippen molar-refractivity contribution in [2.45, 2.75) is 13.0 Å². The first-order valence-electron chi connectivity index (χ1n) is 11.3. The quantitative estimate of drug-likeness (QED) is 0.162. The van der Waals surface area contributed by atoms with Gasteiger partial charge in [0.2, 0.25) is 17.7 Å². The van der Waals surface area contributed by atoms with Crippen LogP contribution < -0.4 is 27.0 Å². The zero-order valence-electron chi connectivity index (χ0n) is 19.8. The predicted molar refractivity (Wildman–Crippen MR) is 144 cm³/mol. The molecule has 186 valence electrons. The van der Waals surface area contributed by atoms with Crippen LogP contribution in [0.15, 0.2) is 78.9 Å². The predicted octanol–water partition coefficient (Wildman–Crippen LogP) is 3.98. The lowest BCUT2D eigenvalue weighted by molar-refractivity contribution is -0.119. The number of nitrogens with two attached hydrogens (primary N) is 1. The molecule has 8 nitrogen and oxygen atoms in total. The molecular weight excluding hydrogens is 478 g/mol. The topological polar surface area (TPSA) is 125 Å². The molecule has 0 aliphatic rings. The molecule has 0 radical (unpaired) electrons. The Hall–Kier alpha value is -4.14. The first-order chi connectivity index (χ1) is 17.3. The molecule has 3 aromatic rings. The number of nitrogens with one attached hydrogen (secondary N) is 4. The fourth-order valence-electron chi connectivity index (χ4n) is 3.32. The van der Waals surface area contributed by atoms with Gasteiger partial charge in [-0.25, -0.2) is 0 Å². The average Bonchev–Trinajstić information content (AvgIpc) is 2.86.